The van der Waals surface area contributed by atoms with Crippen LogP contribution in [-0.4, -0.2) is 33.4 Å². The van der Waals surface area contributed by atoms with Crippen molar-refractivity contribution >= 4 is 22.9 Å². The fourth-order valence-electron chi connectivity index (χ4n) is 3.31. The first-order valence-electron chi connectivity index (χ1n) is 7.55. The molecule has 20 heavy (non-hydrogen) atoms. The third-order valence-corrected chi connectivity index (χ3v) is 5.73. The number of thioether (sulfide) groups is 1. The molecular formula is C15H20N4S. The second-order valence-corrected chi connectivity index (χ2v) is 7.10. The van der Waals surface area contributed by atoms with Crippen molar-refractivity contribution in [3.05, 3.63) is 24.2 Å². The largest absolute Gasteiger partial charge is 0.316 e. The normalized spacial score (nSPS) is 26.6. The highest BCUT2D eigenvalue weighted by molar-refractivity contribution is 7.99. The number of fused-ring (bicyclic) bond motifs is 1. The monoisotopic (exact) mass is 288 g/mol. The molecule has 2 saturated heterocycles. The van der Waals surface area contributed by atoms with Crippen LogP contribution in [0.1, 0.15) is 30.3 Å². The Balaban J connectivity index is 1.75. The smallest absolute Gasteiger partial charge is 0.160 e. The number of imidazole rings is 1. The van der Waals surface area contributed by atoms with Crippen LogP contribution in [0.25, 0.3) is 11.2 Å². The van der Waals surface area contributed by atoms with Gasteiger partial charge in [-0.15, -0.1) is 0 Å². The maximum Gasteiger partial charge on any atom is 0.160 e. The van der Waals surface area contributed by atoms with Gasteiger partial charge in [0, 0.05) is 12.7 Å². The van der Waals surface area contributed by atoms with Gasteiger partial charge in [-0.05, 0) is 56.2 Å². The Labute approximate surface area is 123 Å². The quantitative estimate of drug-likeness (QED) is 0.943. The minimum Gasteiger partial charge on any atom is -0.316 e. The van der Waals surface area contributed by atoms with Crippen molar-refractivity contribution in [1.29, 1.82) is 0 Å². The van der Waals surface area contributed by atoms with E-state index in [1.807, 2.05) is 12.3 Å². The molecule has 2 aromatic rings. The second-order valence-electron chi connectivity index (χ2n) is 5.79. The van der Waals surface area contributed by atoms with E-state index in [2.05, 4.69) is 32.7 Å². The SMILES string of the molecule is c1cnc2c(c1)nc(C1CCCS1)n2CC1CCNC1. The van der Waals surface area contributed by atoms with Crippen LogP contribution in [0.3, 0.4) is 0 Å². The van der Waals surface area contributed by atoms with Gasteiger partial charge in [-0.1, -0.05) is 0 Å². The zero-order valence-electron chi connectivity index (χ0n) is 11.6. The predicted octanol–water partition coefficient (Wildman–Crippen LogP) is 2.61. The molecule has 0 radical (unpaired) electrons. The number of aromatic nitrogens is 3. The van der Waals surface area contributed by atoms with E-state index in [1.54, 1.807) is 0 Å². The fourth-order valence-corrected chi connectivity index (χ4v) is 4.59. The lowest BCUT2D eigenvalue weighted by Gasteiger charge is -2.16. The van der Waals surface area contributed by atoms with Gasteiger partial charge in [0.25, 0.3) is 0 Å². The molecule has 0 aliphatic carbocycles. The van der Waals surface area contributed by atoms with E-state index in [0.717, 1.165) is 36.7 Å². The van der Waals surface area contributed by atoms with E-state index < -0.39 is 0 Å². The first-order valence-corrected chi connectivity index (χ1v) is 8.60. The van der Waals surface area contributed by atoms with E-state index >= 15 is 0 Å². The minimum atomic E-state index is 0.568. The molecule has 0 amide bonds. The average Bonchev–Trinajstić information content (AvgIpc) is 3.19. The molecule has 1 N–H and O–H groups in total. The molecule has 4 heterocycles. The van der Waals surface area contributed by atoms with Crippen LogP contribution in [0.2, 0.25) is 0 Å². The first-order chi connectivity index (χ1) is 9.92. The van der Waals surface area contributed by atoms with Crippen LogP contribution in [0.5, 0.6) is 0 Å². The number of nitrogens with zero attached hydrogens (tertiary/aromatic N) is 3. The van der Waals surface area contributed by atoms with E-state index in [1.165, 1.54) is 30.8 Å². The van der Waals surface area contributed by atoms with E-state index in [9.17, 15) is 0 Å². The lowest BCUT2D eigenvalue weighted by atomic mass is 10.1. The Morgan fingerprint density at radius 3 is 3.20 bits per heavy atom. The standard InChI is InChI=1S/C15H20N4S/c1-3-12-14(17-6-1)19(10-11-5-7-16-9-11)15(18-12)13-4-2-8-20-13/h1,3,6,11,13,16H,2,4-5,7-10H2. The number of hydrogen-bond donors (Lipinski definition) is 1. The minimum absolute atomic E-state index is 0.568. The summed E-state index contributed by atoms with van der Waals surface area (Å²) in [5.41, 5.74) is 2.13. The molecule has 0 aromatic carbocycles. The lowest BCUT2D eigenvalue weighted by molar-refractivity contribution is 0.473. The average molecular weight is 288 g/mol. The molecule has 4 rings (SSSR count). The molecule has 4 nitrogen and oxygen atoms in total. The van der Waals surface area contributed by atoms with Gasteiger partial charge in [-0.25, -0.2) is 9.97 Å². The Morgan fingerprint density at radius 1 is 1.40 bits per heavy atom. The highest BCUT2D eigenvalue weighted by Crippen LogP contribution is 2.40. The zero-order valence-corrected chi connectivity index (χ0v) is 12.4. The molecular weight excluding hydrogens is 268 g/mol. The zero-order chi connectivity index (χ0) is 13.4. The van der Waals surface area contributed by atoms with E-state index in [4.69, 9.17) is 4.98 Å². The van der Waals surface area contributed by atoms with Gasteiger partial charge in [0.1, 0.15) is 11.3 Å². The number of nitrogens with one attached hydrogen (secondary N) is 1. The predicted molar refractivity (Wildman–Crippen MR) is 82.9 cm³/mol. The molecule has 2 atom stereocenters. The summed E-state index contributed by atoms with van der Waals surface area (Å²) in [6.07, 6.45) is 5.73. The molecule has 0 saturated carbocycles. The molecule has 0 spiro atoms. The van der Waals surface area contributed by atoms with Gasteiger partial charge >= 0.3 is 0 Å². The maximum atomic E-state index is 4.90. The summed E-state index contributed by atoms with van der Waals surface area (Å²) < 4.78 is 2.40. The van der Waals surface area contributed by atoms with Crippen LogP contribution >= 0.6 is 11.8 Å². The highest BCUT2D eigenvalue weighted by atomic mass is 32.2. The number of hydrogen-bond acceptors (Lipinski definition) is 4. The van der Waals surface area contributed by atoms with Crippen molar-refractivity contribution < 1.29 is 0 Å². The second kappa shape index (κ2) is 5.37. The molecule has 2 aromatic heterocycles. The molecule has 2 aliphatic rings. The van der Waals surface area contributed by atoms with E-state index in [-0.39, 0.29) is 0 Å². The Hall–Kier alpha value is -1.07. The van der Waals surface area contributed by atoms with Crippen molar-refractivity contribution in [3.8, 4) is 0 Å². The molecule has 5 heteroatoms. The Bertz CT molecular complexity index is 597. The van der Waals surface area contributed by atoms with Gasteiger partial charge < -0.3 is 9.88 Å². The summed E-state index contributed by atoms with van der Waals surface area (Å²) in [6, 6.07) is 4.08. The molecule has 2 fully saturated rings. The van der Waals surface area contributed by atoms with Gasteiger partial charge in [0.05, 0.1) is 5.25 Å². The highest BCUT2D eigenvalue weighted by Gasteiger charge is 2.26. The van der Waals surface area contributed by atoms with Crippen LogP contribution in [-0.2, 0) is 6.54 Å². The number of rotatable bonds is 3. The summed E-state index contributed by atoms with van der Waals surface area (Å²) >= 11 is 2.06. The third kappa shape index (κ3) is 2.23. The van der Waals surface area contributed by atoms with Crippen LogP contribution in [0.15, 0.2) is 18.3 Å². The molecule has 2 aliphatic heterocycles. The Kier molecular flexibility index (Phi) is 3.40. The van der Waals surface area contributed by atoms with Crippen molar-refractivity contribution in [2.24, 2.45) is 5.92 Å². The van der Waals surface area contributed by atoms with Gasteiger partial charge in [0.2, 0.25) is 0 Å². The Morgan fingerprint density at radius 2 is 2.40 bits per heavy atom. The van der Waals surface area contributed by atoms with Crippen LogP contribution < -0.4 is 5.32 Å². The first kappa shape index (κ1) is 12.7. The van der Waals surface area contributed by atoms with Crippen molar-refractivity contribution in [2.75, 3.05) is 18.8 Å². The van der Waals surface area contributed by atoms with Crippen molar-refractivity contribution in [3.63, 3.8) is 0 Å². The summed E-state index contributed by atoms with van der Waals surface area (Å²) in [5, 5.41) is 4.03. The molecule has 2 unspecified atom stereocenters. The van der Waals surface area contributed by atoms with Crippen molar-refractivity contribution in [2.45, 2.75) is 31.1 Å². The number of pyridine rings is 1. The summed E-state index contributed by atoms with van der Waals surface area (Å²) in [6.45, 7) is 3.34. The maximum absolute atomic E-state index is 4.90. The van der Waals surface area contributed by atoms with Gasteiger partial charge in [0.15, 0.2) is 5.65 Å². The topological polar surface area (TPSA) is 42.7 Å². The third-order valence-electron chi connectivity index (χ3n) is 4.35. The van der Waals surface area contributed by atoms with Crippen LogP contribution in [0.4, 0.5) is 0 Å². The summed E-state index contributed by atoms with van der Waals surface area (Å²) in [4.78, 5) is 9.48. The molecule has 106 valence electrons. The van der Waals surface area contributed by atoms with E-state index in [0.29, 0.717) is 5.25 Å². The lowest BCUT2D eigenvalue weighted by Crippen LogP contribution is -2.17. The summed E-state index contributed by atoms with van der Waals surface area (Å²) in [5.74, 6) is 3.25. The summed E-state index contributed by atoms with van der Waals surface area (Å²) in [7, 11) is 0. The van der Waals surface area contributed by atoms with Crippen molar-refractivity contribution in [1.82, 2.24) is 19.9 Å². The molecule has 0 bridgehead atoms. The van der Waals surface area contributed by atoms with Crippen LogP contribution in [0, 0.1) is 5.92 Å². The van der Waals surface area contributed by atoms with Gasteiger partial charge in [-0.3, -0.25) is 0 Å². The fraction of sp³-hybridized carbons (Fsp3) is 0.600. The van der Waals surface area contributed by atoms with Gasteiger partial charge in [-0.2, -0.15) is 11.8 Å².